The maximum absolute atomic E-state index is 13.0. The SMILES string of the molecule is CC(C)c1ccc(S(=O)(=O)N2CCN(C(=O)c3ccc(Cn4cccn4)cc3)CC2)cc1. The first kappa shape index (κ1) is 22.2. The molecule has 0 atom stereocenters. The first-order valence-electron chi connectivity index (χ1n) is 10.8. The zero-order valence-electron chi connectivity index (χ0n) is 18.4. The number of carbonyl (C=O) groups excluding carboxylic acids is 1. The van der Waals surface area contributed by atoms with Crippen molar-refractivity contribution in [1.29, 1.82) is 0 Å². The summed E-state index contributed by atoms with van der Waals surface area (Å²) >= 11 is 0. The molecule has 0 N–H and O–H groups in total. The lowest BCUT2D eigenvalue weighted by atomic mass is 10.0. The van der Waals surface area contributed by atoms with Gasteiger partial charge in [-0.05, 0) is 47.4 Å². The highest BCUT2D eigenvalue weighted by Gasteiger charge is 2.30. The molecule has 1 aliphatic heterocycles. The smallest absolute Gasteiger partial charge is 0.253 e. The van der Waals surface area contributed by atoms with Gasteiger partial charge in [0.05, 0.1) is 11.4 Å². The standard InChI is InChI=1S/C24H28N4O3S/c1-19(2)21-8-10-23(11-9-21)32(30,31)28-16-14-26(15-17-28)24(29)22-6-4-20(5-7-22)18-27-13-3-12-25-27/h3-13,19H,14-18H2,1-2H3. The maximum atomic E-state index is 13.0. The normalized spacial score (nSPS) is 15.3. The van der Waals surface area contributed by atoms with Gasteiger partial charge in [0.1, 0.15) is 0 Å². The van der Waals surface area contributed by atoms with Crippen LogP contribution in [0.3, 0.4) is 0 Å². The Morgan fingerprint density at radius 3 is 2.19 bits per heavy atom. The van der Waals surface area contributed by atoms with Crippen LogP contribution in [0.4, 0.5) is 0 Å². The van der Waals surface area contributed by atoms with Gasteiger partial charge in [0.15, 0.2) is 0 Å². The molecule has 0 saturated carbocycles. The zero-order chi connectivity index (χ0) is 22.7. The Balaban J connectivity index is 1.37. The Morgan fingerprint density at radius 1 is 0.969 bits per heavy atom. The predicted octanol–water partition coefficient (Wildman–Crippen LogP) is 3.20. The highest BCUT2D eigenvalue weighted by atomic mass is 32.2. The molecule has 0 spiro atoms. The molecule has 3 aromatic rings. The number of benzene rings is 2. The fourth-order valence-corrected chi connectivity index (χ4v) is 5.24. The minimum absolute atomic E-state index is 0.0750. The molecule has 1 fully saturated rings. The molecule has 168 valence electrons. The topological polar surface area (TPSA) is 75.5 Å². The van der Waals surface area contributed by atoms with Crippen molar-refractivity contribution in [2.75, 3.05) is 26.2 Å². The third-order valence-electron chi connectivity index (χ3n) is 5.82. The van der Waals surface area contributed by atoms with E-state index in [2.05, 4.69) is 18.9 Å². The lowest BCUT2D eigenvalue weighted by Crippen LogP contribution is -2.50. The van der Waals surface area contributed by atoms with E-state index in [-0.39, 0.29) is 19.0 Å². The molecule has 32 heavy (non-hydrogen) atoms. The second kappa shape index (κ2) is 9.26. The van der Waals surface area contributed by atoms with Crippen molar-refractivity contribution < 1.29 is 13.2 Å². The van der Waals surface area contributed by atoms with E-state index in [1.807, 2.05) is 53.3 Å². The highest BCUT2D eigenvalue weighted by molar-refractivity contribution is 7.89. The molecule has 1 saturated heterocycles. The van der Waals surface area contributed by atoms with Crippen molar-refractivity contribution in [3.05, 3.63) is 83.7 Å². The molecule has 0 aliphatic carbocycles. The molecule has 8 heteroatoms. The molecule has 1 aliphatic rings. The molecule has 0 bridgehead atoms. The summed E-state index contributed by atoms with van der Waals surface area (Å²) in [4.78, 5) is 14.9. The number of hydrogen-bond acceptors (Lipinski definition) is 4. The fraction of sp³-hybridized carbons (Fsp3) is 0.333. The van der Waals surface area contributed by atoms with Crippen molar-refractivity contribution in [2.24, 2.45) is 0 Å². The largest absolute Gasteiger partial charge is 0.336 e. The molecule has 0 radical (unpaired) electrons. The Bertz CT molecular complexity index is 1150. The van der Waals surface area contributed by atoms with Gasteiger partial charge in [0, 0.05) is 44.1 Å². The van der Waals surface area contributed by atoms with E-state index >= 15 is 0 Å². The average molecular weight is 453 g/mol. The van der Waals surface area contributed by atoms with E-state index < -0.39 is 10.0 Å². The summed E-state index contributed by atoms with van der Waals surface area (Å²) in [5.74, 6) is 0.273. The first-order valence-corrected chi connectivity index (χ1v) is 12.2. The molecule has 7 nitrogen and oxygen atoms in total. The number of rotatable bonds is 6. The average Bonchev–Trinajstić information content (AvgIpc) is 3.32. The summed E-state index contributed by atoms with van der Waals surface area (Å²) in [7, 11) is -3.56. The van der Waals surface area contributed by atoms with E-state index in [4.69, 9.17) is 0 Å². The Labute approximate surface area is 189 Å². The first-order chi connectivity index (χ1) is 15.3. The van der Waals surface area contributed by atoms with Gasteiger partial charge in [-0.3, -0.25) is 9.48 Å². The third kappa shape index (κ3) is 4.76. The van der Waals surface area contributed by atoms with Crippen LogP contribution in [-0.4, -0.2) is 59.5 Å². The van der Waals surface area contributed by atoms with Crippen molar-refractivity contribution in [3.8, 4) is 0 Å². The third-order valence-corrected chi connectivity index (χ3v) is 7.73. The van der Waals surface area contributed by atoms with Crippen LogP contribution in [0.25, 0.3) is 0 Å². The summed E-state index contributed by atoms with van der Waals surface area (Å²) in [6.07, 6.45) is 3.63. The van der Waals surface area contributed by atoms with Crippen LogP contribution in [0.1, 0.15) is 41.3 Å². The van der Waals surface area contributed by atoms with Gasteiger partial charge in [0.2, 0.25) is 10.0 Å². The van der Waals surface area contributed by atoms with Crippen LogP contribution < -0.4 is 0 Å². The predicted molar refractivity (Wildman–Crippen MR) is 123 cm³/mol. The Morgan fingerprint density at radius 2 is 1.62 bits per heavy atom. The van der Waals surface area contributed by atoms with E-state index in [1.54, 1.807) is 23.2 Å². The van der Waals surface area contributed by atoms with E-state index in [0.717, 1.165) is 11.1 Å². The van der Waals surface area contributed by atoms with Crippen LogP contribution >= 0.6 is 0 Å². The molecular weight excluding hydrogens is 424 g/mol. The Kier molecular flexibility index (Phi) is 6.43. The number of aromatic nitrogens is 2. The van der Waals surface area contributed by atoms with Crippen LogP contribution in [0.5, 0.6) is 0 Å². The van der Waals surface area contributed by atoms with Crippen molar-refractivity contribution >= 4 is 15.9 Å². The molecule has 1 aromatic heterocycles. The number of piperazine rings is 1. The van der Waals surface area contributed by atoms with Crippen LogP contribution in [0, 0.1) is 0 Å². The number of hydrogen-bond donors (Lipinski definition) is 0. The maximum Gasteiger partial charge on any atom is 0.253 e. The zero-order valence-corrected chi connectivity index (χ0v) is 19.2. The lowest BCUT2D eigenvalue weighted by molar-refractivity contribution is 0.0698. The summed E-state index contributed by atoms with van der Waals surface area (Å²) in [6.45, 7) is 6.12. The van der Waals surface area contributed by atoms with Crippen molar-refractivity contribution in [2.45, 2.75) is 31.2 Å². The summed E-state index contributed by atoms with van der Waals surface area (Å²) in [6, 6.07) is 16.5. The Hall–Kier alpha value is -2.97. The van der Waals surface area contributed by atoms with Gasteiger partial charge in [-0.1, -0.05) is 38.1 Å². The number of nitrogens with zero attached hydrogens (tertiary/aromatic N) is 4. The molecule has 2 aromatic carbocycles. The van der Waals surface area contributed by atoms with Crippen LogP contribution in [-0.2, 0) is 16.6 Å². The fourth-order valence-electron chi connectivity index (χ4n) is 3.82. The van der Waals surface area contributed by atoms with Crippen LogP contribution in [0.15, 0.2) is 71.9 Å². The van der Waals surface area contributed by atoms with Gasteiger partial charge in [-0.25, -0.2) is 8.42 Å². The highest BCUT2D eigenvalue weighted by Crippen LogP contribution is 2.22. The molecule has 2 heterocycles. The summed E-state index contributed by atoms with van der Waals surface area (Å²) < 4.78 is 29.3. The van der Waals surface area contributed by atoms with Gasteiger partial charge in [-0.2, -0.15) is 9.40 Å². The van der Waals surface area contributed by atoms with Gasteiger partial charge >= 0.3 is 0 Å². The van der Waals surface area contributed by atoms with Gasteiger partial charge in [-0.15, -0.1) is 0 Å². The molecular formula is C24H28N4O3S. The minimum Gasteiger partial charge on any atom is -0.336 e. The van der Waals surface area contributed by atoms with Crippen molar-refractivity contribution in [3.63, 3.8) is 0 Å². The quantitative estimate of drug-likeness (QED) is 0.576. The second-order valence-electron chi connectivity index (χ2n) is 8.32. The van der Waals surface area contributed by atoms with E-state index in [1.165, 1.54) is 4.31 Å². The number of carbonyl (C=O) groups is 1. The van der Waals surface area contributed by atoms with Gasteiger partial charge < -0.3 is 4.90 Å². The second-order valence-corrected chi connectivity index (χ2v) is 10.3. The lowest BCUT2D eigenvalue weighted by Gasteiger charge is -2.34. The monoisotopic (exact) mass is 452 g/mol. The molecule has 1 amide bonds. The van der Waals surface area contributed by atoms with Gasteiger partial charge in [0.25, 0.3) is 5.91 Å². The number of sulfonamides is 1. The molecule has 4 rings (SSSR count). The summed E-state index contributed by atoms with van der Waals surface area (Å²) in [5.41, 5.74) is 2.77. The molecule has 0 unspecified atom stereocenters. The van der Waals surface area contributed by atoms with Crippen molar-refractivity contribution in [1.82, 2.24) is 19.0 Å². The van der Waals surface area contributed by atoms with E-state index in [0.29, 0.717) is 36.0 Å². The number of amides is 1. The van der Waals surface area contributed by atoms with Crippen LogP contribution in [0.2, 0.25) is 0 Å². The summed E-state index contributed by atoms with van der Waals surface area (Å²) in [5, 5.41) is 4.19. The minimum atomic E-state index is -3.56. The van der Waals surface area contributed by atoms with E-state index in [9.17, 15) is 13.2 Å².